The zero-order valence-corrected chi connectivity index (χ0v) is 13.8. The number of hydrogen-bond acceptors (Lipinski definition) is 4. The summed E-state index contributed by atoms with van der Waals surface area (Å²) in [4.78, 5) is 12.0. The molecule has 1 amide bonds. The van der Waals surface area contributed by atoms with Gasteiger partial charge in [-0.25, -0.2) is 0 Å². The molecule has 24 heavy (non-hydrogen) atoms. The van der Waals surface area contributed by atoms with E-state index in [1.54, 1.807) is 24.3 Å². The second kappa shape index (κ2) is 10.3. The Kier molecular flexibility index (Phi) is 7.63. The highest BCUT2D eigenvalue weighted by Crippen LogP contribution is 2.18. The fraction of sp³-hybridized carbons (Fsp3) is 0.316. The van der Waals surface area contributed by atoms with Crippen molar-refractivity contribution in [1.29, 1.82) is 0 Å². The normalized spacial score (nSPS) is 10.9. The highest BCUT2D eigenvalue weighted by atomic mass is 16.1. The molecule has 0 aliphatic rings. The molecule has 0 saturated heterocycles. The van der Waals surface area contributed by atoms with E-state index in [1.165, 1.54) is 0 Å². The summed E-state index contributed by atoms with van der Waals surface area (Å²) in [5.41, 5.74) is 7.60. The van der Waals surface area contributed by atoms with Gasteiger partial charge in [0.2, 0.25) is 0 Å². The van der Waals surface area contributed by atoms with E-state index in [0.29, 0.717) is 12.1 Å². The lowest BCUT2D eigenvalue weighted by molar-refractivity contribution is 0.0953. The number of nitrogens with two attached hydrogens (primary N) is 1. The van der Waals surface area contributed by atoms with Crippen molar-refractivity contribution >= 4 is 17.3 Å². The first-order chi connectivity index (χ1) is 11.8. The number of nitrogens with zero attached hydrogens (tertiary/aromatic N) is 2. The predicted molar refractivity (Wildman–Crippen MR) is 96.9 cm³/mol. The van der Waals surface area contributed by atoms with Gasteiger partial charge in [-0.3, -0.25) is 4.79 Å². The van der Waals surface area contributed by atoms with Gasteiger partial charge in [0, 0.05) is 12.1 Å². The van der Waals surface area contributed by atoms with Gasteiger partial charge >= 0.3 is 0 Å². The largest absolute Gasteiger partial charge is 0.352 e. The van der Waals surface area contributed by atoms with Gasteiger partial charge in [-0.15, -0.1) is 0 Å². The number of unbranched alkanes of at least 4 members (excludes halogenated alkanes) is 3. The van der Waals surface area contributed by atoms with Crippen molar-refractivity contribution in [3.05, 3.63) is 60.2 Å². The van der Waals surface area contributed by atoms with Crippen LogP contribution in [0.3, 0.4) is 0 Å². The van der Waals surface area contributed by atoms with Gasteiger partial charge in [0.05, 0.1) is 11.4 Å². The molecule has 0 aromatic heterocycles. The number of nitrogens with one attached hydrogen (secondary N) is 1. The van der Waals surface area contributed by atoms with Crippen LogP contribution in [0.15, 0.2) is 64.8 Å². The maximum Gasteiger partial charge on any atom is 0.251 e. The van der Waals surface area contributed by atoms with E-state index in [-0.39, 0.29) is 5.91 Å². The average Bonchev–Trinajstić information content (AvgIpc) is 2.64. The van der Waals surface area contributed by atoms with Crippen LogP contribution in [0.4, 0.5) is 11.4 Å². The lowest BCUT2D eigenvalue weighted by atomic mass is 10.1. The Morgan fingerprint density at radius 3 is 2.12 bits per heavy atom. The van der Waals surface area contributed by atoms with E-state index < -0.39 is 0 Å². The molecule has 0 spiro atoms. The molecule has 3 N–H and O–H groups in total. The minimum atomic E-state index is -0.0552. The van der Waals surface area contributed by atoms with Crippen LogP contribution in [-0.2, 0) is 0 Å². The number of amides is 1. The molecule has 0 aliphatic heterocycles. The summed E-state index contributed by atoms with van der Waals surface area (Å²) < 4.78 is 0. The van der Waals surface area contributed by atoms with Crippen molar-refractivity contribution < 1.29 is 4.79 Å². The molecule has 0 unspecified atom stereocenters. The minimum absolute atomic E-state index is 0.0552. The van der Waals surface area contributed by atoms with Crippen molar-refractivity contribution in [3.8, 4) is 0 Å². The Labute approximate surface area is 143 Å². The van der Waals surface area contributed by atoms with Crippen LogP contribution in [0, 0.1) is 0 Å². The Hall–Kier alpha value is -2.53. The van der Waals surface area contributed by atoms with Gasteiger partial charge in [-0.1, -0.05) is 31.0 Å². The summed E-state index contributed by atoms with van der Waals surface area (Å²) in [6.45, 7) is 1.43. The number of azo groups is 1. The summed E-state index contributed by atoms with van der Waals surface area (Å²) in [6.07, 6.45) is 4.24. The molecule has 0 fully saturated rings. The van der Waals surface area contributed by atoms with Crippen LogP contribution in [0.2, 0.25) is 0 Å². The first-order valence-corrected chi connectivity index (χ1v) is 8.35. The third-order valence-corrected chi connectivity index (χ3v) is 3.58. The summed E-state index contributed by atoms with van der Waals surface area (Å²) >= 11 is 0. The van der Waals surface area contributed by atoms with Crippen LogP contribution in [-0.4, -0.2) is 19.0 Å². The second-order valence-corrected chi connectivity index (χ2v) is 5.54. The average molecular weight is 324 g/mol. The second-order valence-electron chi connectivity index (χ2n) is 5.54. The maximum absolute atomic E-state index is 12.0. The monoisotopic (exact) mass is 324 g/mol. The minimum Gasteiger partial charge on any atom is -0.352 e. The topological polar surface area (TPSA) is 79.8 Å². The zero-order chi connectivity index (χ0) is 17.0. The molecule has 0 saturated carbocycles. The fourth-order valence-electron chi connectivity index (χ4n) is 2.22. The Balaban J connectivity index is 1.78. The number of carbonyl (C=O) groups is 1. The van der Waals surface area contributed by atoms with Crippen LogP contribution in [0.1, 0.15) is 36.0 Å². The smallest absolute Gasteiger partial charge is 0.251 e. The van der Waals surface area contributed by atoms with E-state index in [9.17, 15) is 4.79 Å². The maximum atomic E-state index is 12.0. The van der Waals surface area contributed by atoms with E-state index in [4.69, 9.17) is 5.73 Å². The van der Waals surface area contributed by atoms with Gasteiger partial charge in [-0.2, -0.15) is 10.2 Å². The molecule has 5 nitrogen and oxygen atoms in total. The van der Waals surface area contributed by atoms with Crippen LogP contribution in [0.5, 0.6) is 0 Å². The van der Waals surface area contributed by atoms with Crippen molar-refractivity contribution in [3.63, 3.8) is 0 Å². The number of carbonyl (C=O) groups excluding carboxylic acids is 1. The molecule has 2 aromatic rings. The van der Waals surface area contributed by atoms with E-state index in [0.717, 1.165) is 43.6 Å². The van der Waals surface area contributed by atoms with Crippen molar-refractivity contribution in [2.75, 3.05) is 13.1 Å². The quantitative estimate of drug-likeness (QED) is 0.531. The van der Waals surface area contributed by atoms with Gasteiger partial charge < -0.3 is 11.1 Å². The van der Waals surface area contributed by atoms with E-state index >= 15 is 0 Å². The standard InChI is InChI=1S/C19H24N4O/c20-14-6-1-2-7-15-21-19(24)16-10-12-18(13-11-16)23-22-17-8-4-3-5-9-17/h3-5,8-13H,1-2,6-7,14-15,20H2,(H,21,24). The molecule has 0 atom stereocenters. The molecule has 0 aliphatic carbocycles. The summed E-state index contributed by atoms with van der Waals surface area (Å²) in [5.74, 6) is -0.0552. The van der Waals surface area contributed by atoms with Gasteiger partial charge in [0.25, 0.3) is 5.91 Å². The summed E-state index contributed by atoms with van der Waals surface area (Å²) in [6, 6.07) is 16.7. The Morgan fingerprint density at radius 2 is 1.46 bits per heavy atom. The molecule has 0 heterocycles. The van der Waals surface area contributed by atoms with Crippen LogP contribution < -0.4 is 11.1 Å². The third kappa shape index (κ3) is 6.30. The lowest BCUT2D eigenvalue weighted by Crippen LogP contribution is -2.24. The highest BCUT2D eigenvalue weighted by Gasteiger charge is 2.04. The third-order valence-electron chi connectivity index (χ3n) is 3.58. The Morgan fingerprint density at radius 1 is 0.833 bits per heavy atom. The van der Waals surface area contributed by atoms with Crippen LogP contribution in [0.25, 0.3) is 0 Å². The molecule has 126 valence electrons. The van der Waals surface area contributed by atoms with Crippen molar-refractivity contribution in [1.82, 2.24) is 5.32 Å². The molecular formula is C19H24N4O. The van der Waals surface area contributed by atoms with Crippen molar-refractivity contribution in [2.24, 2.45) is 16.0 Å². The molecule has 2 rings (SSSR count). The molecule has 0 radical (unpaired) electrons. The lowest BCUT2D eigenvalue weighted by Gasteiger charge is -2.05. The molecule has 5 heteroatoms. The first kappa shape index (κ1) is 17.8. The zero-order valence-electron chi connectivity index (χ0n) is 13.8. The summed E-state index contributed by atoms with van der Waals surface area (Å²) in [7, 11) is 0. The van der Waals surface area contributed by atoms with Gasteiger partial charge in [0.15, 0.2) is 0 Å². The SMILES string of the molecule is NCCCCCCNC(=O)c1ccc(N=Nc2ccccc2)cc1. The summed E-state index contributed by atoms with van der Waals surface area (Å²) in [5, 5.41) is 11.2. The van der Waals surface area contributed by atoms with Crippen LogP contribution >= 0.6 is 0 Å². The first-order valence-electron chi connectivity index (χ1n) is 8.35. The number of hydrogen-bond donors (Lipinski definition) is 2. The molecule has 0 bridgehead atoms. The highest BCUT2D eigenvalue weighted by molar-refractivity contribution is 5.94. The van der Waals surface area contributed by atoms with Gasteiger partial charge in [0.1, 0.15) is 0 Å². The van der Waals surface area contributed by atoms with Gasteiger partial charge in [-0.05, 0) is 55.8 Å². The number of rotatable bonds is 9. The molecular weight excluding hydrogens is 300 g/mol. The van der Waals surface area contributed by atoms with E-state index in [1.807, 2.05) is 30.3 Å². The van der Waals surface area contributed by atoms with Crippen molar-refractivity contribution in [2.45, 2.75) is 25.7 Å². The number of benzene rings is 2. The predicted octanol–water partition coefficient (Wildman–Crippen LogP) is 4.35. The molecule has 2 aromatic carbocycles. The van der Waals surface area contributed by atoms with E-state index in [2.05, 4.69) is 15.5 Å². The fourth-order valence-corrected chi connectivity index (χ4v) is 2.22. The Bertz CT molecular complexity index is 638.